The molecule has 0 aliphatic heterocycles. The molecule has 130 valence electrons. The van der Waals surface area contributed by atoms with Crippen LogP contribution in [0.5, 0.6) is 0 Å². The maximum absolute atomic E-state index is 11.6. The summed E-state index contributed by atoms with van der Waals surface area (Å²) in [6, 6.07) is -0.701. The van der Waals surface area contributed by atoms with Gasteiger partial charge in [-0.1, -0.05) is 32.1 Å². The highest BCUT2D eigenvalue weighted by atomic mass is 32.2. The SMILES string of the molecule is N[C@H](CC1CCCCC1)[C@H](O)[C@H](O)CS(=O)(=O)NCC(=O)O. The molecule has 0 saturated heterocycles. The highest BCUT2D eigenvalue weighted by molar-refractivity contribution is 7.89. The predicted molar refractivity (Wildman–Crippen MR) is 80.6 cm³/mol. The third-order valence-electron chi connectivity index (χ3n) is 4.00. The number of aliphatic carboxylic acids is 1. The Morgan fingerprint density at radius 2 is 1.82 bits per heavy atom. The minimum absolute atomic E-state index is 0.396. The second-order valence-electron chi connectivity index (χ2n) is 5.96. The molecule has 0 amide bonds. The van der Waals surface area contributed by atoms with Crippen molar-refractivity contribution in [2.24, 2.45) is 11.7 Å². The van der Waals surface area contributed by atoms with Gasteiger partial charge >= 0.3 is 5.97 Å². The lowest BCUT2D eigenvalue weighted by Crippen LogP contribution is -2.48. The lowest BCUT2D eigenvalue weighted by molar-refractivity contribution is -0.135. The first-order chi connectivity index (χ1) is 10.2. The molecule has 1 rings (SSSR count). The highest BCUT2D eigenvalue weighted by Gasteiger charge is 2.30. The molecule has 0 aromatic rings. The zero-order chi connectivity index (χ0) is 16.8. The number of nitrogens with two attached hydrogens (primary N) is 1. The number of carboxylic acid groups (broad SMARTS) is 1. The molecule has 0 heterocycles. The second kappa shape index (κ2) is 8.78. The van der Waals surface area contributed by atoms with Gasteiger partial charge in [0.2, 0.25) is 10.0 Å². The van der Waals surface area contributed by atoms with Crippen LogP contribution in [0.15, 0.2) is 0 Å². The molecular weight excluding hydrogens is 312 g/mol. The van der Waals surface area contributed by atoms with Crippen LogP contribution in [0.4, 0.5) is 0 Å². The highest BCUT2D eigenvalue weighted by Crippen LogP contribution is 2.27. The summed E-state index contributed by atoms with van der Waals surface area (Å²) in [4.78, 5) is 10.3. The Morgan fingerprint density at radius 3 is 2.36 bits per heavy atom. The van der Waals surface area contributed by atoms with Crippen LogP contribution in [0.2, 0.25) is 0 Å². The number of hydrogen-bond acceptors (Lipinski definition) is 6. The summed E-state index contributed by atoms with van der Waals surface area (Å²) in [5, 5.41) is 28.2. The van der Waals surface area contributed by atoms with E-state index in [0.29, 0.717) is 12.3 Å². The number of carboxylic acids is 1. The Labute approximate surface area is 130 Å². The van der Waals surface area contributed by atoms with Gasteiger partial charge in [0.25, 0.3) is 0 Å². The number of aliphatic hydroxyl groups is 2. The second-order valence-corrected chi connectivity index (χ2v) is 7.81. The number of aliphatic hydroxyl groups excluding tert-OH is 2. The van der Waals surface area contributed by atoms with Crippen molar-refractivity contribution in [2.45, 2.75) is 56.8 Å². The van der Waals surface area contributed by atoms with Crippen LogP contribution in [0.3, 0.4) is 0 Å². The largest absolute Gasteiger partial charge is 0.480 e. The molecule has 0 unspecified atom stereocenters. The Balaban J connectivity index is 2.45. The monoisotopic (exact) mass is 338 g/mol. The summed E-state index contributed by atoms with van der Waals surface area (Å²) in [6.45, 7) is -0.765. The van der Waals surface area contributed by atoms with E-state index in [2.05, 4.69) is 0 Å². The van der Waals surface area contributed by atoms with E-state index in [-0.39, 0.29) is 0 Å². The minimum Gasteiger partial charge on any atom is -0.480 e. The predicted octanol–water partition coefficient (Wildman–Crippen LogP) is -0.990. The van der Waals surface area contributed by atoms with E-state index in [9.17, 15) is 23.4 Å². The molecule has 0 radical (unpaired) electrons. The lowest BCUT2D eigenvalue weighted by Gasteiger charge is -2.29. The molecule has 1 saturated carbocycles. The number of hydrogen-bond donors (Lipinski definition) is 5. The molecule has 0 bridgehead atoms. The van der Waals surface area contributed by atoms with E-state index >= 15 is 0 Å². The summed E-state index contributed by atoms with van der Waals surface area (Å²) in [5.74, 6) is -1.71. The van der Waals surface area contributed by atoms with Crippen molar-refractivity contribution in [1.82, 2.24) is 4.72 Å². The smallest absolute Gasteiger partial charge is 0.318 e. The van der Waals surface area contributed by atoms with Crippen LogP contribution >= 0.6 is 0 Å². The fourth-order valence-corrected chi connectivity index (χ4v) is 3.89. The molecule has 9 heteroatoms. The molecule has 1 aliphatic carbocycles. The summed E-state index contributed by atoms with van der Waals surface area (Å²) in [6.07, 6.45) is 3.16. The minimum atomic E-state index is -3.98. The van der Waals surface area contributed by atoms with Crippen molar-refractivity contribution < 1.29 is 28.5 Å². The van der Waals surface area contributed by atoms with Crippen molar-refractivity contribution in [2.75, 3.05) is 12.3 Å². The Bertz CT molecular complexity index is 449. The Morgan fingerprint density at radius 1 is 1.23 bits per heavy atom. The van der Waals surface area contributed by atoms with Gasteiger partial charge in [-0.25, -0.2) is 13.1 Å². The molecule has 8 nitrogen and oxygen atoms in total. The number of rotatable bonds is 9. The molecule has 3 atom stereocenters. The first-order valence-electron chi connectivity index (χ1n) is 7.52. The van der Waals surface area contributed by atoms with Crippen molar-refractivity contribution in [1.29, 1.82) is 0 Å². The third kappa shape index (κ3) is 7.01. The quantitative estimate of drug-likeness (QED) is 0.362. The van der Waals surface area contributed by atoms with Crippen LogP contribution < -0.4 is 10.5 Å². The molecule has 6 N–H and O–H groups in total. The Hall–Kier alpha value is -0.740. The molecule has 0 spiro atoms. The topological polar surface area (TPSA) is 150 Å². The van der Waals surface area contributed by atoms with E-state index in [0.717, 1.165) is 25.7 Å². The van der Waals surface area contributed by atoms with Gasteiger partial charge in [0.15, 0.2) is 0 Å². The van der Waals surface area contributed by atoms with Crippen molar-refractivity contribution in [3.05, 3.63) is 0 Å². The van der Waals surface area contributed by atoms with Gasteiger partial charge in [0.1, 0.15) is 6.54 Å². The number of sulfonamides is 1. The molecule has 1 fully saturated rings. The van der Waals surface area contributed by atoms with Gasteiger partial charge in [-0.15, -0.1) is 0 Å². The normalized spacial score (nSPS) is 21.2. The van der Waals surface area contributed by atoms with E-state index in [1.807, 2.05) is 4.72 Å². The fraction of sp³-hybridized carbons (Fsp3) is 0.923. The first-order valence-corrected chi connectivity index (χ1v) is 9.17. The van der Waals surface area contributed by atoms with E-state index in [1.165, 1.54) is 6.42 Å². The fourth-order valence-electron chi connectivity index (χ4n) is 2.79. The van der Waals surface area contributed by atoms with Gasteiger partial charge in [-0.05, 0) is 12.3 Å². The summed E-state index contributed by atoms with van der Waals surface area (Å²) in [7, 11) is -3.98. The van der Waals surface area contributed by atoms with Gasteiger partial charge in [0, 0.05) is 6.04 Å². The van der Waals surface area contributed by atoms with E-state index < -0.39 is 46.5 Å². The summed E-state index contributed by atoms with van der Waals surface area (Å²) in [5.41, 5.74) is 5.87. The first kappa shape index (κ1) is 19.3. The van der Waals surface area contributed by atoms with Crippen LogP contribution in [0.25, 0.3) is 0 Å². The van der Waals surface area contributed by atoms with Crippen molar-refractivity contribution >= 4 is 16.0 Å². The lowest BCUT2D eigenvalue weighted by atomic mass is 9.83. The summed E-state index contributed by atoms with van der Waals surface area (Å²) >= 11 is 0. The molecule has 0 aromatic carbocycles. The average molecular weight is 338 g/mol. The summed E-state index contributed by atoms with van der Waals surface area (Å²) < 4.78 is 25.0. The van der Waals surface area contributed by atoms with Gasteiger partial charge in [-0.2, -0.15) is 0 Å². The molecule has 0 aromatic heterocycles. The number of carbonyl (C=O) groups is 1. The van der Waals surface area contributed by atoms with E-state index in [4.69, 9.17) is 10.8 Å². The standard InChI is InChI=1S/C13H26N2O6S/c14-10(6-9-4-2-1-3-5-9)13(19)11(16)8-22(20,21)15-7-12(17)18/h9-11,13,15-16,19H,1-8,14H2,(H,17,18)/t10-,11-,13+/m1/s1. The number of nitrogens with one attached hydrogen (secondary N) is 1. The average Bonchev–Trinajstić information content (AvgIpc) is 2.45. The van der Waals surface area contributed by atoms with Crippen LogP contribution in [0.1, 0.15) is 38.5 Å². The Kier molecular flexibility index (Phi) is 7.70. The van der Waals surface area contributed by atoms with Crippen LogP contribution in [0, 0.1) is 5.92 Å². The van der Waals surface area contributed by atoms with Gasteiger partial charge in [0.05, 0.1) is 18.0 Å². The molecule has 1 aliphatic rings. The van der Waals surface area contributed by atoms with Gasteiger partial charge in [-0.3, -0.25) is 4.79 Å². The van der Waals surface area contributed by atoms with Crippen LogP contribution in [-0.4, -0.2) is 60.3 Å². The van der Waals surface area contributed by atoms with Gasteiger partial charge < -0.3 is 21.1 Å². The maximum Gasteiger partial charge on any atom is 0.318 e. The molecular formula is C13H26N2O6S. The third-order valence-corrected chi connectivity index (χ3v) is 5.36. The zero-order valence-corrected chi connectivity index (χ0v) is 13.3. The van der Waals surface area contributed by atoms with E-state index in [1.54, 1.807) is 0 Å². The maximum atomic E-state index is 11.6. The molecule has 22 heavy (non-hydrogen) atoms. The van der Waals surface area contributed by atoms with Crippen molar-refractivity contribution in [3.63, 3.8) is 0 Å². The van der Waals surface area contributed by atoms with Crippen molar-refractivity contribution in [3.8, 4) is 0 Å². The van der Waals surface area contributed by atoms with Crippen LogP contribution in [-0.2, 0) is 14.8 Å². The zero-order valence-electron chi connectivity index (χ0n) is 12.5.